The number of nitrogens with zero attached hydrogens (tertiary/aromatic N) is 3. The molecule has 150 valence electrons. The fourth-order valence-corrected chi connectivity index (χ4v) is 3.22. The minimum absolute atomic E-state index is 0.0114. The zero-order chi connectivity index (χ0) is 20.1. The van der Waals surface area contributed by atoms with E-state index in [1.807, 2.05) is 43.3 Å². The van der Waals surface area contributed by atoms with Gasteiger partial charge in [-0.05, 0) is 30.5 Å². The molecule has 8 nitrogen and oxygen atoms in total. The van der Waals surface area contributed by atoms with Crippen LogP contribution in [0.2, 0.25) is 0 Å². The standard InChI is InChI=1S/C20H26N4O4/c1-22(2)16-7-5-15(6-8-16)12-24(13-17-4-3-11-28-17)19(26)14-23-10-9-18(25)21-20(23)27/h5-10,17H,3-4,11-14H2,1-2H3,(H,21,25,27). The van der Waals surface area contributed by atoms with Crippen LogP contribution in [0.1, 0.15) is 18.4 Å². The second-order valence-corrected chi connectivity index (χ2v) is 7.21. The van der Waals surface area contributed by atoms with E-state index in [1.54, 1.807) is 4.90 Å². The fraction of sp³-hybridized carbons (Fsp3) is 0.450. The second-order valence-electron chi connectivity index (χ2n) is 7.21. The molecule has 0 bridgehead atoms. The van der Waals surface area contributed by atoms with Gasteiger partial charge in [0.25, 0.3) is 5.56 Å². The molecule has 1 unspecified atom stereocenters. The van der Waals surface area contributed by atoms with E-state index in [0.29, 0.717) is 19.7 Å². The lowest BCUT2D eigenvalue weighted by molar-refractivity contribution is -0.134. The second kappa shape index (κ2) is 8.88. The summed E-state index contributed by atoms with van der Waals surface area (Å²) in [4.78, 5) is 42.0. The quantitative estimate of drug-likeness (QED) is 0.761. The summed E-state index contributed by atoms with van der Waals surface area (Å²) in [6.07, 6.45) is 3.26. The zero-order valence-electron chi connectivity index (χ0n) is 16.3. The SMILES string of the molecule is CN(C)c1ccc(CN(CC2CCCO2)C(=O)Cn2ccc(=O)[nH]c2=O)cc1. The normalized spacial score (nSPS) is 16.1. The highest BCUT2D eigenvalue weighted by Crippen LogP contribution is 2.17. The summed E-state index contributed by atoms with van der Waals surface area (Å²) in [7, 11) is 3.95. The number of anilines is 1. The number of aromatic amines is 1. The van der Waals surface area contributed by atoms with E-state index in [-0.39, 0.29) is 18.6 Å². The van der Waals surface area contributed by atoms with Crippen LogP contribution in [-0.2, 0) is 22.6 Å². The van der Waals surface area contributed by atoms with Crippen LogP contribution >= 0.6 is 0 Å². The summed E-state index contributed by atoms with van der Waals surface area (Å²) in [5, 5.41) is 0. The molecule has 1 fully saturated rings. The van der Waals surface area contributed by atoms with Crippen molar-refractivity contribution < 1.29 is 9.53 Å². The molecule has 0 spiro atoms. The maximum atomic E-state index is 12.9. The van der Waals surface area contributed by atoms with Gasteiger partial charge in [0, 0.05) is 51.7 Å². The van der Waals surface area contributed by atoms with Crippen molar-refractivity contribution in [3.05, 3.63) is 62.9 Å². The number of hydrogen-bond acceptors (Lipinski definition) is 5. The van der Waals surface area contributed by atoms with Gasteiger partial charge in [0.2, 0.25) is 5.91 Å². The Morgan fingerprint density at radius 3 is 2.57 bits per heavy atom. The van der Waals surface area contributed by atoms with Crippen molar-refractivity contribution in [1.29, 1.82) is 0 Å². The summed E-state index contributed by atoms with van der Waals surface area (Å²) in [6.45, 7) is 1.50. The van der Waals surface area contributed by atoms with Crippen molar-refractivity contribution in [2.45, 2.75) is 32.0 Å². The minimum atomic E-state index is -0.590. The Kier molecular flexibility index (Phi) is 6.30. The molecule has 0 aliphatic carbocycles. The highest BCUT2D eigenvalue weighted by Gasteiger charge is 2.23. The lowest BCUT2D eigenvalue weighted by atomic mass is 10.1. The number of aromatic nitrogens is 2. The van der Waals surface area contributed by atoms with Gasteiger partial charge >= 0.3 is 5.69 Å². The summed E-state index contributed by atoms with van der Waals surface area (Å²) in [6, 6.07) is 9.25. The summed E-state index contributed by atoms with van der Waals surface area (Å²) >= 11 is 0. The van der Waals surface area contributed by atoms with Crippen LogP contribution in [0.3, 0.4) is 0 Å². The average molecular weight is 386 g/mol. The van der Waals surface area contributed by atoms with Gasteiger partial charge in [-0.2, -0.15) is 0 Å². The van der Waals surface area contributed by atoms with E-state index < -0.39 is 11.2 Å². The molecule has 1 aromatic heterocycles. The molecule has 2 aromatic rings. The molecule has 1 aromatic carbocycles. The average Bonchev–Trinajstić information content (AvgIpc) is 3.17. The van der Waals surface area contributed by atoms with E-state index in [0.717, 1.165) is 24.1 Å². The Balaban J connectivity index is 1.76. The Hall–Kier alpha value is -2.87. The molecule has 0 radical (unpaired) electrons. The molecular formula is C20H26N4O4. The third kappa shape index (κ3) is 5.10. The van der Waals surface area contributed by atoms with Crippen molar-refractivity contribution in [2.75, 3.05) is 32.1 Å². The molecule has 3 rings (SSSR count). The van der Waals surface area contributed by atoms with Crippen LogP contribution in [0.15, 0.2) is 46.1 Å². The first kappa shape index (κ1) is 19.9. The first-order valence-corrected chi connectivity index (χ1v) is 9.38. The third-order valence-corrected chi connectivity index (χ3v) is 4.83. The zero-order valence-corrected chi connectivity index (χ0v) is 16.3. The number of ether oxygens (including phenoxy) is 1. The van der Waals surface area contributed by atoms with Crippen LogP contribution in [0.25, 0.3) is 0 Å². The van der Waals surface area contributed by atoms with Gasteiger partial charge in [-0.1, -0.05) is 12.1 Å². The van der Waals surface area contributed by atoms with E-state index >= 15 is 0 Å². The Bertz CT molecular complexity index is 911. The third-order valence-electron chi connectivity index (χ3n) is 4.83. The van der Waals surface area contributed by atoms with Gasteiger partial charge in [-0.25, -0.2) is 4.79 Å². The van der Waals surface area contributed by atoms with Crippen LogP contribution in [0.4, 0.5) is 5.69 Å². The van der Waals surface area contributed by atoms with Crippen molar-refractivity contribution in [1.82, 2.24) is 14.5 Å². The monoisotopic (exact) mass is 386 g/mol. The summed E-state index contributed by atoms with van der Waals surface area (Å²) in [5.41, 5.74) is 1.02. The lowest BCUT2D eigenvalue weighted by Crippen LogP contribution is -2.41. The molecule has 1 atom stereocenters. The maximum absolute atomic E-state index is 12.9. The molecule has 1 aliphatic heterocycles. The van der Waals surface area contributed by atoms with Crippen molar-refractivity contribution in [2.24, 2.45) is 0 Å². The first-order valence-electron chi connectivity index (χ1n) is 9.38. The van der Waals surface area contributed by atoms with Gasteiger partial charge in [0.05, 0.1) is 6.10 Å². The Labute approximate surface area is 163 Å². The molecule has 28 heavy (non-hydrogen) atoms. The van der Waals surface area contributed by atoms with Crippen molar-refractivity contribution in [3.8, 4) is 0 Å². The lowest BCUT2D eigenvalue weighted by Gasteiger charge is -2.26. The van der Waals surface area contributed by atoms with Crippen molar-refractivity contribution >= 4 is 11.6 Å². The van der Waals surface area contributed by atoms with Gasteiger partial charge in [-0.15, -0.1) is 0 Å². The first-order chi connectivity index (χ1) is 13.4. The smallest absolute Gasteiger partial charge is 0.328 e. The van der Waals surface area contributed by atoms with E-state index in [2.05, 4.69) is 4.98 Å². The van der Waals surface area contributed by atoms with E-state index in [9.17, 15) is 14.4 Å². The summed E-state index contributed by atoms with van der Waals surface area (Å²) < 4.78 is 6.90. The highest BCUT2D eigenvalue weighted by molar-refractivity contribution is 5.76. The topological polar surface area (TPSA) is 87.6 Å². The molecular weight excluding hydrogens is 360 g/mol. The van der Waals surface area contributed by atoms with Crippen LogP contribution in [0.5, 0.6) is 0 Å². The van der Waals surface area contributed by atoms with E-state index in [1.165, 1.54) is 16.8 Å². The molecule has 1 saturated heterocycles. The number of amides is 1. The fourth-order valence-electron chi connectivity index (χ4n) is 3.22. The minimum Gasteiger partial charge on any atom is -0.378 e. The largest absolute Gasteiger partial charge is 0.378 e. The van der Waals surface area contributed by atoms with Gasteiger partial charge in [-0.3, -0.25) is 19.1 Å². The molecule has 1 amide bonds. The van der Waals surface area contributed by atoms with Crippen molar-refractivity contribution in [3.63, 3.8) is 0 Å². The highest BCUT2D eigenvalue weighted by atomic mass is 16.5. The Morgan fingerprint density at radius 2 is 1.96 bits per heavy atom. The molecule has 0 saturated carbocycles. The number of hydrogen-bond donors (Lipinski definition) is 1. The predicted molar refractivity (Wildman–Crippen MR) is 106 cm³/mol. The number of H-pyrrole nitrogens is 1. The number of rotatable bonds is 7. The van der Waals surface area contributed by atoms with Crippen LogP contribution in [0, 0.1) is 0 Å². The van der Waals surface area contributed by atoms with E-state index in [4.69, 9.17) is 4.74 Å². The van der Waals surface area contributed by atoms with Crippen LogP contribution in [-0.4, -0.2) is 53.7 Å². The van der Waals surface area contributed by atoms with Gasteiger partial charge in [0.15, 0.2) is 0 Å². The Morgan fingerprint density at radius 1 is 1.21 bits per heavy atom. The van der Waals surface area contributed by atoms with Gasteiger partial charge < -0.3 is 14.5 Å². The van der Waals surface area contributed by atoms with Crippen LogP contribution < -0.4 is 16.1 Å². The molecule has 1 N–H and O–H groups in total. The molecule has 8 heteroatoms. The maximum Gasteiger partial charge on any atom is 0.328 e. The number of carbonyl (C=O) groups is 1. The molecule has 2 heterocycles. The number of nitrogens with one attached hydrogen (secondary N) is 1. The summed E-state index contributed by atoms with van der Waals surface area (Å²) in [5.74, 6) is -0.193. The molecule has 1 aliphatic rings. The number of benzene rings is 1. The predicted octanol–water partition coefficient (Wildman–Crippen LogP) is 0.810. The number of carbonyl (C=O) groups excluding carboxylic acids is 1. The van der Waals surface area contributed by atoms with Gasteiger partial charge in [0.1, 0.15) is 6.54 Å².